The van der Waals surface area contributed by atoms with Crippen LogP contribution in [0.15, 0.2) is 18.2 Å². The largest absolute Gasteiger partial charge is 0.327 e. The number of benzene rings is 1. The Morgan fingerprint density at radius 3 is 3.06 bits per heavy atom. The Morgan fingerprint density at radius 1 is 1.44 bits per heavy atom. The smallest absolute Gasteiger partial charge is 0.125 e. The van der Waals surface area contributed by atoms with Gasteiger partial charge in [-0.05, 0) is 25.0 Å². The average molecular weight is 264 g/mol. The van der Waals surface area contributed by atoms with Crippen LogP contribution in [-0.2, 0) is 5.41 Å². The summed E-state index contributed by atoms with van der Waals surface area (Å²) in [6.07, 6.45) is 4.54. The van der Waals surface area contributed by atoms with E-state index < -0.39 is 0 Å². The van der Waals surface area contributed by atoms with Crippen molar-refractivity contribution >= 4 is 21.6 Å². The first-order valence-corrected chi connectivity index (χ1v) is 7.23. The molecular formula is C14H17FN2S. The average Bonchev–Trinajstić information content (AvgIpc) is 2.76. The van der Waals surface area contributed by atoms with Crippen LogP contribution in [0.2, 0.25) is 0 Å². The minimum Gasteiger partial charge on any atom is -0.327 e. The number of nitrogens with two attached hydrogens (primary N) is 1. The van der Waals surface area contributed by atoms with Gasteiger partial charge in [0.05, 0.1) is 10.2 Å². The Kier molecular flexibility index (Phi) is 2.87. The summed E-state index contributed by atoms with van der Waals surface area (Å²) >= 11 is 1.66. The summed E-state index contributed by atoms with van der Waals surface area (Å²) in [6, 6.07) is 4.97. The highest BCUT2D eigenvalue weighted by molar-refractivity contribution is 7.18. The fourth-order valence-electron chi connectivity index (χ4n) is 2.77. The molecule has 2 unspecified atom stereocenters. The van der Waals surface area contributed by atoms with E-state index in [-0.39, 0.29) is 17.3 Å². The standard InChI is InChI=1S/C14H17FN2S/c1-14(7-3-2-4-12(14)16)13-17-10-8-9(15)5-6-11(10)18-13/h5-6,8,12H,2-4,7,16H2,1H3. The van der Waals surface area contributed by atoms with Gasteiger partial charge in [0.25, 0.3) is 0 Å². The Hall–Kier alpha value is -1.00. The number of fused-ring (bicyclic) bond motifs is 1. The van der Waals surface area contributed by atoms with Gasteiger partial charge < -0.3 is 5.73 Å². The fourth-order valence-corrected chi connectivity index (χ4v) is 3.95. The molecule has 0 bridgehead atoms. The third kappa shape index (κ3) is 1.84. The molecule has 1 saturated carbocycles. The first-order valence-electron chi connectivity index (χ1n) is 6.42. The lowest BCUT2D eigenvalue weighted by atomic mass is 9.72. The van der Waals surface area contributed by atoms with Crippen molar-refractivity contribution in [3.63, 3.8) is 0 Å². The Balaban J connectivity index is 2.07. The number of hydrogen-bond donors (Lipinski definition) is 1. The molecule has 1 aliphatic rings. The topological polar surface area (TPSA) is 38.9 Å². The van der Waals surface area contributed by atoms with Crippen molar-refractivity contribution in [3.05, 3.63) is 29.0 Å². The van der Waals surface area contributed by atoms with Crippen molar-refractivity contribution < 1.29 is 4.39 Å². The van der Waals surface area contributed by atoms with Crippen molar-refractivity contribution in [1.82, 2.24) is 4.98 Å². The molecule has 0 saturated heterocycles. The molecule has 1 aromatic heterocycles. The summed E-state index contributed by atoms with van der Waals surface area (Å²) in [5, 5.41) is 1.07. The van der Waals surface area contributed by atoms with Gasteiger partial charge in [0.15, 0.2) is 0 Å². The van der Waals surface area contributed by atoms with Gasteiger partial charge in [0.1, 0.15) is 10.8 Å². The van der Waals surface area contributed by atoms with Crippen molar-refractivity contribution in [2.75, 3.05) is 0 Å². The van der Waals surface area contributed by atoms with Gasteiger partial charge in [-0.3, -0.25) is 0 Å². The predicted octanol–water partition coefficient (Wildman–Crippen LogP) is 3.59. The molecule has 2 N–H and O–H groups in total. The van der Waals surface area contributed by atoms with Crippen LogP contribution in [0.5, 0.6) is 0 Å². The van der Waals surface area contributed by atoms with Gasteiger partial charge in [-0.25, -0.2) is 9.37 Å². The van der Waals surface area contributed by atoms with Crippen LogP contribution in [-0.4, -0.2) is 11.0 Å². The lowest BCUT2D eigenvalue weighted by molar-refractivity contribution is 0.271. The SMILES string of the molecule is CC1(c2nc3cc(F)ccc3s2)CCCCC1N. The summed E-state index contributed by atoms with van der Waals surface area (Å²) in [6.45, 7) is 2.20. The van der Waals surface area contributed by atoms with Crippen molar-refractivity contribution in [2.24, 2.45) is 5.73 Å². The lowest BCUT2D eigenvalue weighted by Crippen LogP contribution is -2.45. The van der Waals surface area contributed by atoms with E-state index in [1.165, 1.54) is 25.0 Å². The second-order valence-corrected chi connectivity index (χ2v) is 6.43. The molecule has 2 aromatic rings. The maximum atomic E-state index is 13.2. The molecule has 0 radical (unpaired) electrons. The van der Waals surface area contributed by atoms with Crippen LogP contribution in [0.4, 0.5) is 4.39 Å². The number of halogens is 1. The lowest BCUT2D eigenvalue weighted by Gasteiger charge is -2.37. The highest BCUT2D eigenvalue weighted by atomic mass is 32.1. The molecule has 0 amide bonds. The summed E-state index contributed by atoms with van der Waals surface area (Å²) in [5.74, 6) is -0.225. The van der Waals surface area contributed by atoms with Gasteiger partial charge in [-0.15, -0.1) is 11.3 Å². The number of hydrogen-bond acceptors (Lipinski definition) is 3. The van der Waals surface area contributed by atoms with E-state index in [0.717, 1.165) is 28.1 Å². The van der Waals surface area contributed by atoms with E-state index in [2.05, 4.69) is 11.9 Å². The number of aromatic nitrogens is 1. The number of rotatable bonds is 1. The van der Waals surface area contributed by atoms with Crippen molar-refractivity contribution in [1.29, 1.82) is 0 Å². The molecule has 1 heterocycles. The summed E-state index contributed by atoms with van der Waals surface area (Å²) < 4.78 is 14.2. The Bertz CT molecular complexity index is 580. The zero-order chi connectivity index (χ0) is 12.8. The van der Waals surface area contributed by atoms with E-state index in [4.69, 9.17) is 5.73 Å². The number of nitrogens with zero attached hydrogens (tertiary/aromatic N) is 1. The monoisotopic (exact) mass is 264 g/mol. The molecule has 2 nitrogen and oxygen atoms in total. The molecule has 0 aliphatic heterocycles. The quantitative estimate of drug-likeness (QED) is 0.854. The first kappa shape index (κ1) is 12.1. The predicted molar refractivity (Wildman–Crippen MR) is 73.4 cm³/mol. The Labute approximate surface area is 110 Å². The van der Waals surface area contributed by atoms with Gasteiger partial charge in [-0.2, -0.15) is 0 Å². The van der Waals surface area contributed by atoms with E-state index in [1.807, 2.05) is 6.07 Å². The first-order chi connectivity index (χ1) is 8.59. The van der Waals surface area contributed by atoms with Crippen LogP contribution in [0, 0.1) is 5.82 Å². The van der Waals surface area contributed by atoms with Crippen molar-refractivity contribution in [2.45, 2.75) is 44.1 Å². The van der Waals surface area contributed by atoms with E-state index in [0.29, 0.717) is 0 Å². The summed E-state index contributed by atoms with van der Waals surface area (Å²) in [7, 11) is 0. The van der Waals surface area contributed by atoms with E-state index >= 15 is 0 Å². The van der Waals surface area contributed by atoms with E-state index in [9.17, 15) is 4.39 Å². The molecule has 1 aromatic carbocycles. The summed E-state index contributed by atoms with van der Waals surface area (Å²) in [5.41, 5.74) is 7.00. The maximum absolute atomic E-state index is 13.2. The second-order valence-electron chi connectivity index (χ2n) is 5.40. The van der Waals surface area contributed by atoms with Gasteiger partial charge in [0.2, 0.25) is 0 Å². The zero-order valence-corrected chi connectivity index (χ0v) is 11.3. The van der Waals surface area contributed by atoms with Crippen LogP contribution < -0.4 is 5.73 Å². The summed E-state index contributed by atoms with van der Waals surface area (Å²) in [4.78, 5) is 4.62. The minimum atomic E-state index is -0.225. The van der Waals surface area contributed by atoms with Crippen LogP contribution in [0.25, 0.3) is 10.2 Å². The highest BCUT2D eigenvalue weighted by Gasteiger charge is 2.38. The molecule has 3 rings (SSSR count). The second kappa shape index (κ2) is 4.28. The molecule has 0 spiro atoms. The van der Waals surface area contributed by atoms with Gasteiger partial charge in [0, 0.05) is 17.5 Å². The molecule has 1 fully saturated rings. The highest BCUT2D eigenvalue weighted by Crippen LogP contribution is 2.41. The van der Waals surface area contributed by atoms with Gasteiger partial charge >= 0.3 is 0 Å². The Morgan fingerprint density at radius 2 is 2.28 bits per heavy atom. The van der Waals surface area contributed by atoms with Gasteiger partial charge in [-0.1, -0.05) is 19.8 Å². The molecular weight excluding hydrogens is 247 g/mol. The third-order valence-electron chi connectivity index (χ3n) is 4.12. The zero-order valence-electron chi connectivity index (χ0n) is 10.4. The maximum Gasteiger partial charge on any atom is 0.125 e. The third-order valence-corrected chi connectivity index (χ3v) is 5.43. The van der Waals surface area contributed by atoms with Crippen molar-refractivity contribution in [3.8, 4) is 0 Å². The molecule has 4 heteroatoms. The van der Waals surface area contributed by atoms with Crippen LogP contribution in [0.1, 0.15) is 37.6 Å². The molecule has 1 aliphatic carbocycles. The van der Waals surface area contributed by atoms with Crippen LogP contribution >= 0.6 is 11.3 Å². The minimum absolute atomic E-state index is 0.0432. The molecule has 2 atom stereocenters. The number of thiazole rings is 1. The molecule has 96 valence electrons. The fraction of sp³-hybridized carbons (Fsp3) is 0.500. The molecule has 18 heavy (non-hydrogen) atoms. The van der Waals surface area contributed by atoms with E-state index in [1.54, 1.807) is 11.3 Å². The normalized spacial score (nSPS) is 28.7. The van der Waals surface area contributed by atoms with Crippen LogP contribution in [0.3, 0.4) is 0 Å².